The first-order valence-corrected chi connectivity index (χ1v) is 8.56. The minimum Gasteiger partial charge on any atom is -0.303 e. The van der Waals surface area contributed by atoms with Gasteiger partial charge in [0.2, 0.25) is 0 Å². The Bertz CT molecular complexity index is 248. The molecule has 2 fully saturated rings. The van der Waals surface area contributed by atoms with Crippen LogP contribution in [0.2, 0.25) is 0 Å². The molecule has 2 nitrogen and oxygen atoms in total. The minimum absolute atomic E-state index is 0.351. The predicted octanol–water partition coefficient (Wildman–Crippen LogP) is 3.91. The van der Waals surface area contributed by atoms with Gasteiger partial charge >= 0.3 is 0 Å². The van der Waals surface area contributed by atoms with Gasteiger partial charge in [0.15, 0.2) is 0 Å². The van der Waals surface area contributed by atoms with Gasteiger partial charge in [-0.1, -0.05) is 19.3 Å². The van der Waals surface area contributed by atoms with Crippen molar-refractivity contribution in [2.75, 3.05) is 26.2 Å². The lowest BCUT2D eigenvalue weighted by molar-refractivity contribution is 0.0415. The summed E-state index contributed by atoms with van der Waals surface area (Å²) in [6, 6.07) is 0.831. The van der Waals surface area contributed by atoms with E-state index in [1.807, 2.05) is 0 Å². The highest BCUT2D eigenvalue weighted by Gasteiger charge is 2.30. The van der Waals surface area contributed by atoms with Gasteiger partial charge in [0, 0.05) is 11.6 Å². The van der Waals surface area contributed by atoms with Crippen LogP contribution >= 0.6 is 0 Å². The van der Waals surface area contributed by atoms with Crippen LogP contribution in [-0.2, 0) is 0 Å². The van der Waals surface area contributed by atoms with Crippen LogP contribution in [0, 0.1) is 0 Å². The molecule has 2 saturated heterocycles. The Labute approximate surface area is 120 Å². The summed E-state index contributed by atoms with van der Waals surface area (Å²) >= 11 is 0. The highest BCUT2D eigenvalue weighted by atomic mass is 15.2. The Kier molecular flexibility index (Phi) is 5.70. The fourth-order valence-electron chi connectivity index (χ4n) is 3.88. The number of piperidine rings is 1. The maximum Gasteiger partial charge on any atom is 0.0127 e. The third-order valence-electron chi connectivity index (χ3n) is 4.97. The maximum atomic E-state index is 2.77. The summed E-state index contributed by atoms with van der Waals surface area (Å²) in [5.41, 5.74) is 0.351. The molecule has 1 unspecified atom stereocenters. The SMILES string of the molecule is CC(C)(C)N1CCCCC1CCN1CCCCCC1. The van der Waals surface area contributed by atoms with E-state index in [9.17, 15) is 0 Å². The molecule has 0 aromatic carbocycles. The lowest BCUT2D eigenvalue weighted by atomic mass is 9.92. The van der Waals surface area contributed by atoms with Crippen molar-refractivity contribution in [3.63, 3.8) is 0 Å². The number of rotatable bonds is 3. The van der Waals surface area contributed by atoms with E-state index in [1.165, 1.54) is 77.5 Å². The van der Waals surface area contributed by atoms with Crippen LogP contribution < -0.4 is 0 Å². The summed E-state index contributed by atoms with van der Waals surface area (Å²) in [5, 5.41) is 0. The summed E-state index contributed by atoms with van der Waals surface area (Å²) in [6.45, 7) is 12.5. The summed E-state index contributed by atoms with van der Waals surface area (Å²) in [6.07, 6.45) is 11.4. The largest absolute Gasteiger partial charge is 0.303 e. The molecule has 2 rings (SSSR count). The fraction of sp³-hybridized carbons (Fsp3) is 1.00. The first kappa shape index (κ1) is 15.3. The molecule has 2 heteroatoms. The van der Waals surface area contributed by atoms with E-state index in [1.54, 1.807) is 0 Å². The second-order valence-electron chi connectivity index (χ2n) is 7.56. The zero-order chi connectivity index (χ0) is 13.7. The average molecular weight is 266 g/mol. The standard InChI is InChI=1S/C17H34N2/c1-17(2,3)19-14-9-6-10-16(19)11-15-18-12-7-4-5-8-13-18/h16H,4-15H2,1-3H3. The Morgan fingerprint density at radius 3 is 2.11 bits per heavy atom. The Morgan fingerprint density at radius 1 is 0.842 bits per heavy atom. The third-order valence-corrected chi connectivity index (χ3v) is 4.97. The van der Waals surface area contributed by atoms with E-state index in [-0.39, 0.29) is 0 Å². The quantitative estimate of drug-likeness (QED) is 0.764. The van der Waals surface area contributed by atoms with Crippen molar-refractivity contribution in [3.05, 3.63) is 0 Å². The third kappa shape index (κ3) is 4.75. The number of hydrogen-bond donors (Lipinski definition) is 0. The van der Waals surface area contributed by atoms with Gasteiger partial charge in [0.25, 0.3) is 0 Å². The molecule has 0 bridgehead atoms. The number of hydrogen-bond acceptors (Lipinski definition) is 2. The van der Waals surface area contributed by atoms with Crippen LogP contribution in [-0.4, -0.2) is 47.6 Å². The molecular weight excluding hydrogens is 232 g/mol. The molecule has 0 spiro atoms. The molecule has 0 aromatic rings. The molecule has 0 aliphatic carbocycles. The van der Waals surface area contributed by atoms with E-state index in [0.717, 1.165) is 6.04 Å². The van der Waals surface area contributed by atoms with Crippen molar-refractivity contribution in [2.24, 2.45) is 0 Å². The number of likely N-dealkylation sites (tertiary alicyclic amines) is 2. The van der Waals surface area contributed by atoms with Crippen molar-refractivity contribution in [1.29, 1.82) is 0 Å². The highest BCUT2D eigenvalue weighted by molar-refractivity contribution is 4.86. The van der Waals surface area contributed by atoms with Crippen molar-refractivity contribution in [3.8, 4) is 0 Å². The molecule has 0 amide bonds. The molecular formula is C17H34N2. The van der Waals surface area contributed by atoms with E-state index < -0.39 is 0 Å². The molecule has 0 saturated carbocycles. The van der Waals surface area contributed by atoms with Crippen molar-refractivity contribution in [2.45, 2.75) is 83.7 Å². The molecule has 2 aliphatic rings. The van der Waals surface area contributed by atoms with E-state index in [2.05, 4.69) is 30.6 Å². The lowest BCUT2D eigenvalue weighted by Crippen LogP contribution is -2.51. The molecule has 2 heterocycles. The lowest BCUT2D eigenvalue weighted by Gasteiger charge is -2.45. The Hall–Kier alpha value is -0.0800. The molecule has 19 heavy (non-hydrogen) atoms. The first-order valence-electron chi connectivity index (χ1n) is 8.56. The Balaban J connectivity index is 1.82. The monoisotopic (exact) mass is 266 g/mol. The van der Waals surface area contributed by atoms with Crippen molar-refractivity contribution < 1.29 is 0 Å². The van der Waals surface area contributed by atoms with Gasteiger partial charge in [0.1, 0.15) is 0 Å². The van der Waals surface area contributed by atoms with Crippen LogP contribution in [0.15, 0.2) is 0 Å². The van der Waals surface area contributed by atoms with E-state index >= 15 is 0 Å². The Morgan fingerprint density at radius 2 is 1.47 bits per heavy atom. The molecule has 112 valence electrons. The van der Waals surface area contributed by atoms with Crippen LogP contribution in [0.3, 0.4) is 0 Å². The minimum atomic E-state index is 0.351. The van der Waals surface area contributed by atoms with Gasteiger partial charge < -0.3 is 4.90 Å². The van der Waals surface area contributed by atoms with E-state index in [0.29, 0.717) is 5.54 Å². The molecule has 0 radical (unpaired) electrons. The van der Waals surface area contributed by atoms with Crippen LogP contribution in [0.1, 0.15) is 72.1 Å². The summed E-state index contributed by atoms with van der Waals surface area (Å²) in [7, 11) is 0. The molecule has 1 atom stereocenters. The maximum absolute atomic E-state index is 2.77. The van der Waals surface area contributed by atoms with Crippen molar-refractivity contribution >= 4 is 0 Å². The summed E-state index contributed by atoms with van der Waals surface area (Å²) in [4.78, 5) is 5.50. The zero-order valence-electron chi connectivity index (χ0n) is 13.5. The van der Waals surface area contributed by atoms with Gasteiger partial charge in [-0.05, 0) is 79.1 Å². The fourth-order valence-corrected chi connectivity index (χ4v) is 3.88. The molecule has 0 N–H and O–H groups in total. The topological polar surface area (TPSA) is 6.48 Å². The van der Waals surface area contributed by atoms with Gasteiger partial charge in [-0.3, -0.25) is 4.90 Å². The van der Waals surface area contributed by atoms with E-state index in [4.69, 9.17) is 0 Å². The molecule has 0 aromatic heterocycles. The second kappa shape index (κ2) is 7.08. The van der Waals surface area contributed by atoms with Crippen molar-refractivity contribution in [1.82, 2.24) is 9.80 Å². The van der Waals surface area contributed by atoms with Gasteiger partial charge in [-0.2, -0.15) is 0 Å². The van der Waals surface area contributed by atoms with Gasteiger partial charge in [-0.25, -0.2) is 0 Å². The summed E-state index contributed by atoms with van der Waals surface area (Å²) < 4.78 is 0. The normalized spacial score (nSPS) is 28.3. The van der Waals surface area contributed by atoms with Crippen LogP contribution in [0.4, 0.5) is 0 Å². The first-order chi connectivity index (χ1) is 9.07. The zero-order valence-corrected chi connectivity index (χ0v) is 13.5. The van der Waals surface area contributed by atoms with Gasteiger partial charge in [-0.15, -0.1) is 0 Å². The van der Waals surface area contributed by atoms with Gasteiger partial charge in [0.05, 0.1) is 0 Å². The number of nitrogens with zero attached hydrogens (tertiary/aromatic N) is 2. The predicted molar refractivity (Wildman–Crippen MR) is 83.6 cm³/mol. The molecule has 2 aliphatic heterocycles. The van der Waals surface area contributed by atoms with Crippen LogP contribution in [0.25, 0.3) is 0 Å². The highest BCUT2D eigenvalue weighted by Crippen LogP contribution is 2.27. The average Bonchev–Trinajstić information content (AvgIpc) is 2.64. The second-order valence-corrected chi connectivity index (χ2v) is 7.56. The summed E-state index contributed by atoms with van der Waals surface area (Å²) in [5.74, 6) is 0. The van der Waals surface area contributed by atoms with Crippen LogP contribution in [0.5, 0.6) is 0 Å². The smallest absolute Gasteiger partial charge is 0.0127 e.